The summed E-state index contributed by atoms with van der Waals surface area (Å²) in [4.78, 5) is 10.7. The molecule has 0 heterocycles. The van der Waals surface area contributed by atoms with E-state index < -0.39 is 5.97 Å². The highest BCUT2D eigenvalue weighted by Crippen LogP contribution is 2.23. The number of rotatable bonds is 3. The van der Waals surface area contributed by atoms with Crippen LogP contribution in [0.3, 0.4) is 0 Å². The predicted octanol–water partition coefficient (Wildman–Crippen LogP) is 2.01. The van der Waals surface area contributed by atoms with E-state index in [1.54, 1.807) is 6.07 Å². The molecule has 1 aromatic carbocycles. The minimum Gasteiger partial charge on any atom is -0.507 e. The smallest absolute Gasteiger partial charge is 0.339 e. The van der Waals surface area contributed by atoms with Crippen LogP contribution >= 0.6 is 0 Å². The van der Waals surface area contributed by atoms with Gasteiger partial charge < -0.3 is 10.2 Å². The monoisotopic (exact) mass is 191 g/mol. The van der Waals surface area contributed by atoms with E-state index in [1.165, 1.54) is 6.07 Å². The second-order valence-corrected chi connectivity index (χ2v) is 3.18. The van der Waals surface area contributed by atoms with Crippen molar-refractivity contribution in [1.29, 1.82) is 0 Å². The van der Waals surface area contributed by atoms with Crippen LogP contribution in [0, 0.1) is 6.07 Å². The summed E-state index contributed by atoms with van der Waals surface area (Å²) in [5.41, 5.74) is 1.28. The zero-order chi connectivity index (χ0) is 10.7. The number of hydrogen-bond donors (Lipinski definition) is 2. The molecule has 0 aliphatic heterocycles. The van der Waals surface area contributed by atoms with Crippen molar-refractivity contribution in [2.45, 2.75) is 13.3 Å². The fraction of sp³-hybridized carbons (Fsp3) is 0.182. The molecule has 0 saturated heterocycles. The van der Waals surface area contributed by atoms with Crippen molar-refractivity contribution in [2.24, 2.45) is 0 Å². The second-order valence-electron chi connectivity index (χ2n) is 3.18. The molecule has 0 saturated carbocycles. The van der Waals surface area contributed by atoms with E-state index >= 15 is 0 Å². The van der Waals surface area contributed by atoms with Gasteiger partial charge in [0.05, 0.1) is 0 Å². The average Bonchev–Trinajstić information content (AvgIpc) is 2.07. The van der Waals surface area contributed by atoms with Gasteiger partial charge in [0.15, 0.2) is 0 Å². The van der Waals surface area contributed by atoms with Gasteiger partial charge in [-0.1, -0.05) is 12.2 Å². The van der Waals surface area contributed by atoms with E-state index in [9.17, 15) is 9.90 Å². The summed E-state index contributed by atoms with van der Waals surface area (Å²) in [6, 6.07) is 5.49. The molecule has 0 spiro atoms. The highest BCUT2D eigenvalue weighted by molar-refractivity contribution is 5.91. The molecule has 0 atom stereocenters. The lowest BCUT2D eigenvalue weighted by Crippen LogP contribution is -1.99. The van der Waals surface area contributed by atoms with E-state index in [0.717, 1.165) is 5.57 Å². The number of aromatic carboxylic acids is 1. The number of carboxylic acid groups (broad SMARTS) is 1. The van der Waals surface area contributed by atoms with E-state index in [4.69, 9.17) is 5.11 Å². The lowest BCUT2D eigenvalue weighted by atomic mass is 10.0. The normalized spacial score (nSPS) is 9.79. The van der Waals surface area contributed by atoms with Crippen molar-refractivity contribution in [2.75, 3.05) is 0 Å². The van der Waals surface area contributed by atoms with Crippen molar-refractivity contribution in [1.82, 2.24) is 0 Å². The van der Waals surface area contributed by atoms with Crippen LogP contribution in [-0.2, 0) is 6.42 Å². The summed E-state index contributed by atoms with van der Waals surface area (Å²) in [5.74, 6) is -1.35. The first kappa shape index (κ1) is 10.3. The molecular formula is C11H11O3. The highest BCUT2D eigenvalue weighted by Gasteiger charge is 2.12. The number of hydrogen-bond acceptors (Lipinski definition) is 2. The third-order valence-corrected chi connectivity index (χ3v) is 1.77. The summed E-state index contributed by atoms with van der Waals surface area (Å²) >= 11 is 0. The number of aromatic hydroxyl groups is 1. The molecule has 1 aromatic rings. The fourth-order valence-corrected chi connectivity index (χ4v) is 1.16. The molecule has 3 heteroatoms. The molecule has 1 rings (SSSR count). The minimum absolute atomic E-state index is 0.122. The zero-order valence-corrected chi connectivity index (χ0v) is 7.87. The molecule has 1 radical (unpaired) electrons. The van der Waals surface area contributed by atoms with Crippen molar-refractivity contribution < 1.29 is 15.0 Å². The lowest BCUT2D eigenvalue weighted by Gasteiger charge is -2.06. The van der Waals surface area contributed by atoms with E-state index in [0.29, 0.717) is 12.0 Å². The Hall–Kier alpha value is -1.77. The first-order valence-electron chi connectivity index (χ1n) is 4.12. The number of phenols is 1. The number of benzene rings is 1. The van der Waals surface area contributed by atoms with Gasteiger partial charge in [-0.05, 0) is 37.1 Å². The molecule has 0 unspecified atom stereocenters. The maximum atomic E-state index is 10.7. The first-order valence-corrected chi connectivity index (χ1v) is 4.12. The van der Waals surface area contributed by atoms with E-state index in [1.807, 2.05) is 6.92 Å². The standard InChI is InChI=1S/C11H11O3/c1-7(2)6-8-4-3-5-9(10(8)12)11(13)14/h4-5,12H,1,6H2,2H3,(H,13,14). The Kier molecular flexibility index (Phi) is 2.92. The van der Waals surface area contributed by atoms with Gasteiger partial charge in [-0.25, -0.2) is 4.79 Å². The van der Waals surface area contributed by atoms with Crippen LogP contribution in [0.2, 0.25) is 0 Å². The summed E-state index contributed by atoms with van der Waals surface area (Å²) in [5, 5.41) is 18.3. The lowest BCUT2D eigenvalue weighted by molar-refractivity contribution is 0.0693. The van der Waals surface area contributed by atoms with Gasteiger partial charge in [0.2, 0.25) is 0 Å². The number of allylic oxidation sites excluding steroid dienone is 1. The molecule has 3 nitrogen and oxygen atoms in total. The van der Waals surface area contributed by atoms with Crippen molar-refractivity contribution in [3.05, 3.63) is 41.5 Å². The third-order valence-electron chi connectivity index (χ3n) is 1.77. The first-order chi connectivity index (χ1) is 6.52. The Morgan fingerprint density at radius 3 is 2.71 bits per heavy atom. The van der Waals surface area contributed by atoms with Gasteiger partial charge >= 0.3 is 5.97 Å². The van der Waals surface area contributed by atoms with Crippen LogP contribution in [0.25, 0.3) is 0 Å². The predicted molar refractivity (Wildman–Crippen MR) is 52.4 cm³/mol. The zero-order valence-electron chi connectivity index (χ0n) is 7.87. The van der Waals surface area contributed by atoms with Crippen LogP contribution in [0.5, 0.6) is 5.75 Å². The summed E-state index contributed by atoms with van der Waals surface area (Å²) in [6.45, 7) is 5.51. The van der Waals surface area contributed by atoms with Crippen molar-refractivity contribution >= 4 is 5.97 Å². The van der Waals surface area contributed by atoms with Crippen molar-refractivity contribution in [3.63, 3.8) is 0 Å². The topological polar surface area (TPSA) is 57.5 Å². The van der Waals surface area contributed by atoms with Crippen LogP contribution < -0.4 is 0 Å². The Morgan fingerprint density at radius 2 is 2.21 bits per heavy atom. The van der Waals surface area contributed by atoms with Crippen LogP contribution in [0.4, 0.5) is 0 Å². The fourth-order valence-electron chi connectivity index (χ4n) is 1.16. The van der Waals surface area contributed by atoms with Crippen LogP contribution in [0.15, 0.2) is 24.3 Å². The third kappa shape index (κ3) is 2.13. The maximum Gasteiger partial charge on any atom is 0.339 e. The Balaban J connectivity index is 3.13. The molecule has 73 valence electrons. The summed E-state index contributed by atoms with van der Waals surface area (Å²) in [6.07, 6.45) is 0.462. The van der Waals surface area contributed by atoms with Gasteiger partial charge in [-0.2, -0.15) is 0 Å². The summed E-state index contributed by atoms with van der Waals surface area (Å²) < 4.78 is 0. The van der Waals surface area contributed by atoms with E-state index in [-0.39, 0.29) is 11.3 Å². The average molecular weight is 191 g/mol. The van der Waals surface area contributed by atoms with Gasteiger partial charge in [-0.3, -0.25) is 0 Å². The molecule has 0 fully saturated rings. The van der Waals surface area contributed by atoms with Gasteiger partial charge in [0.25, 0.3) is 0 Å². The Morgan fingerprint density at radius 1 is 1.57 bits per heavy atom. The molecule has 0 aliphatic rings. The van der Waals surface area contributed by atoms with Gasteiger partial charge in [-0.15, -0.1) is 0 Å². The highest BCUT2D eigenvalue weighted by atomic mass is 16.4. The van der Waals surface area contributed by atoms with Gasteiger partial charge in [0.1, 0.15) is 11.3 Å². The number of carbonyl (C=O) groups is 1. The largest absolute Gasteiger partial charge is 0.507 e. The quantitative estimate of drug-likeness (QED) is 0.718. The number of carboxylic acids is 1. The van der Waals surface area contributed by atoms with Gasteiger partial charge in [0, 0.05) is 0 Å². The van der Waals surface area contributed by atoms with Crippen molar-refractivity contribution in [3.8, 4) is 5.75 Å². The molecule has 0 bridgehead atoms. The molecule has 0 aromatic heterocycles. The Labute approximate surface area is 82.3 Å². The molecule has 14 heavy (non-hydrogen) atoms. The summed E-state index contributed by atoms with van der Waals surface area (Å²) in [7, 11) is 0. The second kappa shape index (κ2) is 3.96. The SMILES string of the molecule is C=C(C)Cc1c[c]cc(C(=O)O)c1O. The maximum absolute atomic E-state index is 10.7. The molecule has 2 N–H and O–H groups in total. The van der Waals surface area contributed by atoms with Crippen LogP contribution in [-0.4, -0.2) is 16.2 Å². The molecule has 0 amide bonds. The Bertz CT molecular complexity index is 380. The minimum atomic E-state index is -1.15. The van der Waals surface area contributed by atoms with Crippen LogP contribution in [0.1, 0.15) is 22.8 Å². The van der Waals surface area contributed by atoms with E-state index in [2.05, 4.69) is 12.6 Å². The molecule has 0 aliphatic carbocycles. The molecular weight excluding hydrogens is 180 g/mol.